The lowest BCUT2D eigenvalue weighted by molar-refractivity contribution is 0.280. The number of hydrogen-bond donors (Lipinski definition) is 1. The summed E-state index contributed by atoms with van der Waals surface area (Å²) in [5, 5.41) is 0. The molecule has 0 fully saturated rings. The van der Waals surface area contributed by atoms with Gasteiger partial charge in [0.15, 0.2) is 0 Å². The first-order valence-corrected chi connectivity index (χ1v) is 8.07. The summed E-state index contributed by atoms with van der Waals surface area (Å²) in [5.74, 6) is 3.19. The minimum atomic E-state index is 0.642. The Labute approximate surface area is 131 Å². The monoisotopic (exact) mass is 396 g/mol. The maximum Gasteiger partial charge on any atom is 0.134 e. The van der Waals surface area contributed by atoms with Gasteiger partial charge in [-0.25, -0.2) is 0 Å². The number of benzene rings is 1. The Morgan fingerprint density at radius 3 is 2.39 bits per heavy atom. The van der Waals surface area contributed by atoms with Crippen LogP contribution < -0.4 is 9.47 Å². The van der Waals surface area contributed by atoms with Crippen LogP contribution in [0.2, 0.25) is 0 Å². The highest BCUT2D eigenvalue weighted by atomic mass is 79.9. The Bertz CT molecular complexity index is 385. The van der Waals surface area contributed by atoms with Crippen molar-refractivity contribution < 1.29 is 9.47 Å². The molecule has 0 heterocycles. The summed E-state index contributed by atoms with van der Waals surface area (Å²) in [6.45, 7) is 2.94. The molecule has 1 aromatic carbocycles. The summed E-state index contributed by atoms with van der Waals surface area (Å²) in [7, 11) is 1.65. The molecular formula is C13H18Br2O2S. The predicted molar refractivity (Wildman–Crippen MR) is 86.1 cm³/mol. The van der Waals surface area contributed by atoms with E-state index in [1.165, 1.54) is 0 Å². The van der Waals surface area contributed by atoms with Crippen LogP contribution in [0.15, 0.2) is 21.1 Å². The third-order valence-corrected chi connectivity index (χ3v) is 4.19. The molecule has 1 atom stereocenters. The second-order valence-corrected chi connectivity index (χ2v) is 6.33. The molecule has 0 saturated heterocycles. The van der Waals surface area contributed by atoms with E-state index >= 15 is 0 Å². The van der Waals surface area contributed by atoms with Gasteiger partial charge < -0.3 is 9.47 Å². The molecule has 2 nitrogen and oxygen atoms in total. The average molecular weight is 398 g/mol. The maximum atomic E-state index is 5.78. The number of rotatable bonds is 7. The fourth-order valence-corrected chi connectivity index (χ4v) is 2.87. The Balaban J connectivity index is 2.55. The van der Waals surface area contributed by atoms with E-state index in [2.05, 4.69) is 51.4 Å². The van der Waals surface area contributed by atoms with Crippen molar-refractivity contribution in [1.29, 1.82) is 0 Å². The summed E-state index contributed by atoms with van der Waals surface area (Å²) in [6, 6.07) is 3.82. The van der Waals surface area contributed by atoms with E-state index in [-0.39, 0.29) is 0 Å². The van der Waals surface area contributed by atoms with Gasteiger partial charge in [0.2, 0.25) is 0 Å². The summed E-state index contributed by atoms with van der Waals surface area (Å²) in [4.78, 5) is 0. The van der Waals surface area contributed by atoms with Crippen molar-refractivity contribution in [3.63, 3.8) is 0 Å². The Hall–Kier alpha value is 0.130. The maximum absolute atomic E-state index is 5.78. The number of halogens is 2. The molecule has 0 radical (unpaired) electrons. The molecule has 0 amide bonds. The zero-order valence-corrected chi connectivity index (χ0v) is 14.6. The van der Waals surface area contributed by atoms with E-state index < -0.39 is 0 Å². The third-order valence-electron chi connectivity index (χ3n) is 2.70. The molecule has 5 heteroatoms. The smallest absolute Gasteiger partial charge is 0.134 e. The molecule has 0 aliphatic rings. The Morgan fingerprint density at radius 2 is 1.78 bits per heavy atom. The zero-order valence-electron chi connectivity index (χ0n) is 10.6. The Kier molecular flexibility index (Phi) is 7.49. The minimum Gasteiger partial charge on any atom is -0.496 e. The van der Waals surface area contributed by atoms with Crippen molar-refractivity contribution >= 4 is 44.5 Å². The SMILES string of the molecule is COc1cc(Br)c(OCCC(C)CCS)cc1Br. The van der Waals surface area contributed by atoms with Gasteiger partial charge in [-0.2, -0.15) is 12.6 Å². The number of hydrogen-bond acceptors (Lipinski definition) is 3. The summed E-state index contributed by atoms with van der Waals surface area (Å²) in [6.07, 6.45) is 2.16. The van der Waals surface area contributed by atoms with Gasteiger partial charge in [0.25, 0.3) is 0 Å². The standard InChI is InChI=1S/C13H18Br2O2S/c1-9(4-6-18)3-5-17-13-8-10(14)12(16-2)7-11(13)15/h7-9,18H,3-6H2,1-2H3. The molecule has 18 heavy (non-hydrogen) atoms. The molecule has 0 N–H and O–H groups in total. The zero-order chi connectivity index (χ0) is 13.5. The second kappa shape index (κ2) is 8.33. The van der Waals surface area contributed by atoms with E-state index in [4.69, 9.17) is 9.47 Å². The highest BCUT2D eigenvalue weighted by molar-refractivity contribution is 9.11. The highest BCUT2D eigenvalue weighted by Crippen LogP contribution is 2.36. The lowest BCUT2D eigenvalue weighted by Gasteiger charge is -2.13. The molecule has 0 saturated carbocycles. The summed E-state index contributed by atoms with van der Waals surface area (Å²) >= 11 is 11.2. The molecule has 0 aromatic heterocycles. The normalized spacial score (nSPS) is 12.3. The van der Waals surface area contributed by atoms with E-state index in [0.717, 1.165) is 39.0 Å². The lowest BCUT2D eigenvalue weighted by Crippen LogP contribution is -2.05. The van der Waals surface area contributed by atoms with Crippen LogP contribution in [0.1, 0.15) is 19.8 Å². The molecule has 1 unspecified atom stereocenters. The van der Waals surface area contributed by atoms with Crippen molar-refractivity contribution in [1.82, 2.24) is 0 Å². The lowest BCUT2D eigenvalue weighted by atomic mass is 10.1. The van der Waals surface area contributed by atoms with Gasteiger partial charge in [-0.3, -0.25) is 0 Å². The van der Waals surface area contributed by atoms with E-state index in [1.54, 1.807) is 7.11 Å². The molecule has 1 rings (SSSR count). The molecule has 0 aliphatic heterocycles. The molecule has 0 spiro atoms. The van der Waals surface area contributed by atoms with Gasteiger partial charge >= 0.3 is 0 Å². The van der Waals surface area contributed by atoms with Crippen molar-refractivity contribution in [3.05, 3.63) is 21.1 Å². The molecule has 0 bridgehead atoms. The topological polar surface area (TPSA) is 18.5 Å². The van der Waals surface area contributed by atoms with Crippen LogP contribution in [0.4, 0.5) is 0 Å². The Morgan fingerprint density at radius 1 is 1.17 bits per heavy atom. The van der Waals surface area contributed by atoms with Crippen molar-refractivity contribution in [2.45, 2.75) is 19.8 Å². The van der Waals surface area contributed by atoms with Crippen LogP contribution >= 0.6 is 44.5 Å². The summed E-state index contributed by atoms with van der Waals surface area (Å²) in [5.41, 5.74) is 0. The number of ether oxygens (including phenoxy) is 2. The first-order chi connectivity index (χ1) is 8.58. The average Bonchev–Trinajstić information content (AvgIpc) is 2.33. The largest absolute Gasteiger partial charge is 0.496 e. The summed E-state index contributed by atoms with van der Waals surface area (Å²) < 4.78 is 12.8. The first-order valence-electron chi connectivity index (χ1n) is 5.85. The number of methoxy groups -OCH3 is 1. The van der Waals surface area contributed by atoms with Gasteiger partial charge in [0, 0.05) is 0 Å². The molecule has 0 aliphatic carbocycles. The third kappa shape index (κ3) is 5.02. The highest BCUT2D eigenvalue weighted by Gasteiger charge is 2.09. The van der Waals surface area contributed by atoms with Crippen molar-refractivity contribution in [2.75, 3.05) is 19.5 Å². The van der Waals surface area contributed by atoms with Crippen LogP contribution in [0, 0.1) is 5.92 Å². The molecule has 1 aromatic rings. The van der Waals surface area contributed by atoms with E-state index in [0.29, 0.717) is 12.5 Å². The fraction of sp³-hybridized carbons (Fsp3) is 0.538. The van der Waals surface area contributed by atoms with E-state index in [1.807, 2.05) is 12.1 Å². The molecular weight excluding hydrogens is 380 g/mol. The number of thiol groups is 1. The van der Waals surface area contributed by atoms with Gasteiger partial charge in [0.05, 0.1) is 22.7 Å². The first kappa shape index (κ1) is 16.2. The van der Waals surface area contributed by atoms with Crippen LogP contribution in [-0.4, -0.2) is 19.5 Å². The second-order valence-electron chi connectivity index (χ2n) is 4.17. The van der Waals surface area contributed by atoms with Gasteiger partial charge in [-0.1, -0.05) is 6.92 Å². The molecule has 102 valence electrons. The van der Waals surface area contributed by atoms with Crippen molar-refractivity contribution in [3.8, 4) is 11.5 Å². The minimum absolute atomic E-state index is 0.642. The van der Waals surface area contributed by atoms with Gasteiger partial charge in [-0.05, 0) is 68.5 Å². The quantitative estimate of drug-likeness (QED) is 0.656. The van der Waals surface area contributed by atoms with Gasteiger partial charge in [0.1, 0.15) is 11.5 Å². The van der Waals surface area contributed by atoms with Crippen LogP contribution in [0.25, 0.3) is 0 Å². The van der Waals surface area contributed by atoms with Crippen LogP contribution in [-0.2, 0) is 0 Å². The van der Waals surface area contributed by atoms with Crippen LogP contribution in [0.3, 0.4) is 0 Å². The van der Waals surface area contributed by atoms with E-state index in [9.17, 15) is 0 Å². The predicted octanol–water partition coefficient (Wildman–Crippen LogP) is 4.95. The van der Waals surface area contributed by atoms with Crippen LogP contribution in [0.5, 0.6) is 11.5 Å². The van der Waals surface area contributed by atoms with Crippen molar-refractivity contribution in [2.24, 2.45) is 5.92 Å². The fourth-order valence-electron chi connectivity index (χ4n) is 1.51. The van der Waals surface area contributed by atoms with Gasteiger partial charge in [-0.15, -0.1) is 0 Å².